The Morgan fingerprint density at radius 3 is 1.17 bits per heavy atom. The van der Waals surface area contributed by atoms with Crippen molar-refractivity contribution in [2.45, 2.75) is 59.3 Å². The normalized spacial score (nSPS) is 16.5. The molecule has 0 aliphatic rings. The predicted molar refractivity (Wildman–Crippen MR) is 109 cm³/mol. The van der Waals surface area contributed by atoms with E-state index in [4.69, 9.17) is 78.5 Å². The smallest absolute Gasteiger partial charge is 0.319 e. The number of nitrogens with one attached hydrogen (secondary N) is 2. The highest BCUT2D eigenvalue weighted by Gasteiger charge is 2.41. The Morgan fingerprint density at radius 2 is 1.00 bits per heavy atom. The van der Waals surface area contributed by atoms with Crippen LogP contribution in [0.15, 0.2) is 0 Å². The fourth-order valence-corrected chi connectivity index (χ4v) is 4.27. The number of hydrogen-bond donors (Lipinski definition) is 2. The highest BCUT2D eigenvalue weighted by Crippen LogP contribution is 2.34. The Bertz CT molecular complexity index is 393. The van der Waals surface area contributed by atoms with Crippen LogP contribution in [0.25, 0.3) is 0 Å². The van der Waals surface area contributed by atoms with Crippen LogP contribution in [0, 0.1) is 0 Å². The van der Waals surface area contributed by atoms with Crippen molar-refractivity contribution in [3.63, 3.8) is 0 Å². The monoisotopic (exact) mass is 496 g/mol. The molecule has 2 N–H and O–H groups in total. The molecule has 0 saturated heterocycles. The number of carbonyl (C=O) groups is 1. The molecule has 2 atom stereocenters. The van der Waals surface area contributed by atoms with Gasteiger partial charge in [-0.05, 0) is 39.3 Å². The van der Waals surface area contributed by atoms with Crippen LogP contribution < -0.4 is 10.6 Å². The van der Waals surface area contributed by atoms with E-state index < -0.39 is 42.7 Å². The molecule has 24 heavy (non-hydrogen) atoms. The van der Waals surface area contributed by atoms with Crippen LogP contribution in [0.1, 0.15) is 0 Å². The maximum atomic E-state index is 12.2. The van der Waals surface area contributed by atoms with Crippen molar-refractivity contribution in [1.82, 2.24) is 10.6 Å². The number of amides is 2. The summed E-state index contributed by atoms with van der Waals surface area (Å²) < 4.78 is 7.63. The topological polar surface area (TPSA) is 59.6 Å². The lowest BCUT2D eigenvalue weighted by atomic mass is 10.6. The minimum Gasteiger partial charge on any atom is -0.395 e. The van der Waals surface area contributed by atoms with Gasteiger partial charge in [-0.2, -0.15) is 0 Å². The van der Waals surface area contributed by atoms with Gasteiger partial charge >= 0.3 is 6.03 Å². The Balaban J connectivity index is 5.09. The first kappa shape index (κ1) is 25.4. The van der Waals surface area contributed by atoms with E-state index in [1.54, 1.807) is 0 Å². The van der Waals surface area contributed by atoms with Gasteiger partial charge in [-0.25, -0.2) is 4.79 Å². The second kappa shape index (κ2) is 9.04. The van der Waals surface area contributed by atoms with E-state index in [-0.39, 0.29) is 0 Å². The highest BCUT2D eigenvalue weighted by atomic mass is 35.6. The molecular formula is C11H22Cl6N2O3Si2. The third-order valence-corrected chi connectivity index (χ3v) is 5.14. The molecule has 0 saturated carbocycles. The minimum absolute atomic E-state index is 0.751. The lowest BCUT2D eigenvalue weighted by molar-refractivity contribution is 0.136. The van der Waals surface area contributed by atoms with Crippen molar-refractivity contribution < 1.29 is 13.6 Å². The summed E-state index contributed by atoms with van der Waals surface area (Å²) in [6.45, 7) is 11.3. The van der Waals surface area contributed by atoms with Gasteiger partial charge in [0.2, 0.25) is 7.59 Å². The third-order valence-electron chi connectivity index (χ3n) is 2.06. The van der Waals surface area contributed by atoms with Crippen LogP contribution in [-0.2, 0) is 8.85 Å². The van der Waals surface area contributed by atoms with Crippen molar-refractivity contribution in [3.8, 4) is 0 Å². The number of carbonyl (C=O) groups excluding carboxylic acids is 1. The van der Waals surface area contributed by atoms with Gasteiger partial charge in [0.05, 0.1) is 0 Å². The van der Waals surface area contributed by atoms with Crippen molar-refractivity contribution in [2.24, 2.45) is 0 Å². The minimum atomic E-state index is -2.11. The summed E-state index contributed by atoms with van der Waals surface area (Å²) in [5, 5.41) is 4.86. The Labute approximate surface area is 175 Å². The van der Waals surface area contributed by atoms with Crippen LogP contribution in [-0.4, -0.2) is 42.7 Å². The Kier molecular flexibility index (Phi) is 9.55. The fourth-order valence-electron chi connectivity index (χ4n) is 1.34. The Hall–Kier alpha value is 1.36. The maximum absolute atomic E-state index is 12.2. The van der Waals surface area contributed by atoms with Gasteiger partial charge in [0, 0.05) is 0 Å². The molecule has 0 radical (unpaired) electrons. The number of halogens is 6. The molecule has 0 bridgehead atoms. The van der Waals surface area contributed by atoms with Crippen LogP contribution in [0.5, 0.6) is 0 Å². The van der Waals surface area contributed by atoms with E-state index in [1.807, 2.05) is 39.3 Å². The second-order valence-electron chi connectivity index (χ2n) is 6.92. The second-order valence-corrected chi connectivity index (χ2v) is 20.6. The summed E-state index contributed by atoms with van der Waals surface area (Å²) in [6, 6.07) is -0.751. The molecule has 0 rings (SSSR count). The van der Waals surface area contributed by atoms with Gasteiger partial charge in [-0.3, -0.25) is 0 Å². The van der Waals surface area contributed by atoms with Gasteiger partial charge in [0.1, 0.15) is 0 Å². The van der Waals surface area contributed by atoms with E-state index >= 15 is 0 Å². The maximum Gasteiger partial charge on any atom is 0.319 e. The molecule has 2 unspecified atom stereocenters. The summed E-state index contributed by atoms with van der Waals surface area (Å²) in [5.41, 5.74) is 0. The summed E-state index contributed by atoms with van der Waals surface area (Å²) >= 11 is 35.2. The van der Waals surface area contributed by atoms with Crippen molar-refractivity contribution in [2.75, 3.05) is 0 Å². The number of rotatable bonds is 6. The molecule has 13 heteroatoms. The average Bonchev–Trinajstić information content (AvgIpc) is 2.20. The zero-order valence-corrected chi connectivity index (χ0v) is 20.7. The molecular weight excluding hydrogens is 477 g/mol. The number of alkyl halides is 6. The lowest BCUT2D eigenvalue weighted by Crippen LogP contribution is -2.58. The van der Waals surface area contributed by atoms with Gasteiger partial charge < -0.3 is 19.5 Å². The van der Waals surface area contributed by atoms with E-state index in [9.17, 15) is 4.79 Å². The van der Waals surface area contributed by atoms with Crippen molar-refractivity contribution >= 4 is 92.3 Å². The van der Waals surface area contributed by atoms with Gasteiger partial charge in [0.15, 0.2) is 29.1 Å². The van der Waals surface area contributed by atoms with Gasteiger partial charge in [0.25, 0.3) is 0 Å². The highest BCUT2D eigenvalue weighted by molar-refractivity contribution is 6.72. The van der Waals surface area contributed by atoms with Crippen molar-refractivity contribution in [3.05, 3.63) is 0 Å². The molecule has 0 aliphatic heterocycles. The van der Waals surface area contributed by atoms with Crippen LogP contribution in [0.3, 0.4) is 0 Å². The number of hydrogen-bond acceptors (Lipinski definition) is 3. The molecule has 0 aromatic rings. The predicted octanol–water partition coefficient (Wildman–Crippen LogP) is 5.38. The zero-order valence-electron chi connectivity index (χ0n) is 14.1. The van der Waals surface area contributed by atoms with Gasteiger partial charge in [-0.15, -0.1) is 0 Å². The number of urea groups is 1. The molecule has 0 aromatic carbocycles. The first-order valence-corrected chi connectivity index (χ1v) is 16.0. The van der Waals surface area contributed by atoms with E-state index in [0.29, 0.717) is 0 Å². The fraction of sp³-hybridized carbons (Fsp3) is 0.909. The van der Waals surface area contributed by atoms with E-state index in [1.165, 1.54) is 0 Å². The molecule has 0 aromatic heterocycles. The lowest BCUT2D eigenvalue weighted by Gasteiger charge is -2.34. The Morgan fingerprint density at radius 1 is 0.750 bits per heavy atom. The SMILES string of the molecule is C[Si](C)(C)OC(NC(=O)NC(O[Si](C)(C)C)C(Cl)(Cl)Cl)C(Cl)(Cl)Cl. The summed E-state index contributed by atoms with van der Waals surface area (Å²) in [6.07, 6.45) is -2.34. The third kappa shape index (κ3) is 11.9. The largest absolute Gasteiger partial charge is 0.395 e. The molecule has 0 fully saturated rings. The average molecular weight is 499 g/mol. The first-order valence-electron chi connectivity index (χ1n) is 6.87. The molecule has 5 nitrogen and oxygen atoms in total. The molecule has 2 amide bonds. The van der Waals surface area contributed by atoms with Gasteiger partial charge in [-0.1, -0.05) is 69.6 Å². The van der Waals surface area contributed by atoms with E-state index in [0.717, 1.165) is 0 Å². The quantitative estimate of drug-likeness (QED) is 0.293. The first-order chi connectivity index (χ1) is 10.3. The van der Waals surface area contributed by atoms with Crippen molar-refractivity contribution in [1.29, 1.82) is 0 Å². The molecule has 0 heterocycles. The van der Waals surface area contributed by atoms with E-state index in [2.05, 4.69) is 10.6 Å². The molecule has 144 valence electrons. The van der Waals surface area contributed by atoms with Crippen LogP contribution in [0.2, 0.25) is 39.3 Å². The summed E-state index contributed by atoms with van der Waals surface area (Å²) in [7, 11) is -4.22. The van der Waals surface area contributed by atoms with Crippen LogP contribution >= 0.6 is 69.6 Å². The molecule has 0 aliphatic carbocycles. The summed E-state index contributed by atoms with van der Waals surface area (Å²) in [5.74, 6) is 0. The molecule has 0 spiro atoms. The van der Waals surface area contributed by atoms with Crippen LogP contribution in [0.4, 0.5) is 4.79 Å². The standard InChI is InChI=1S/C11H22Cl6N2O3Si2/c1-23(2,3)21-7(10(12,13)14)18-9(20)19-8(11(15,16)17)22-24(4,5)6/h7-8H,1-6H3,(H2,18,19,20). The summed E-state index contributed by atoms with van der Waals surface area (Å²) in [4.78, 5) is 12.2. The zero-order chi connectivity index (χ0) is 19.6.